The summed E-state index contributed by atoms with van der Waals surface area (Å²) in [5.74, 6) is -0.207. The number of hydrogen-bond acceptors (Lipinski definition) is 3. The first-order valence-electron chi connectivity index (χ1n) is 5.16. The van der Waals surface area contributed by atoms with E-state index in [-0.39, 0.29) is 40.4 Å². The van der Waals surface area contributed by atoms with Crippen LogP contribution in [0.15, 0.2) is 41.3 Å². The van der Waals surface area contributed by atoms with E-state index >= 15 is 0 Å². The Labute approximate surface area is 133 Å². The van der Waals surface area contributed by atoms with Crippen LogP contribution in [0.1, 0.15) is 6.92 Å². The summed E-state index contributed by atoms with van der Waals surface area (Å²) in [5, 5.41) is 3.99. The van der Waals surface area contributed by atoms with Gasteiger partial charge in [-0.05, 0) is 23.6 Å². The molecule has 0 bridgehead atoms. The van der Waals surface area contributed by atoms with Gasteiger partial charge in [0.2, 0.25) is 5.91 Å². The number of carbonyl (C=O) groups excluding carboxylic acids is 1. The SMILES string of the molecule is CC(=O)Nc1cccc2cc(S(=O)(=O)O)ccc12.[NaH]. The average Bonchev–Trinajstić information content (AvgIpc) is 2.27. The van der Waals surface area contributed by atoms with Crippen molar-refractivity contribution >= 4 is 62.0 Å². The van der Waals surface area contributed by atoms with Crippen LogP contribution < -0.4 is 5.32 Å². The molecule has 19 heavy (non-hydrogen) atoms. The number of fused-ring (bicyclic) bond motifs is 1. The number of benzene rings is 2. The molecule has 7 heteroatoms. The first kappa shape index (κ1) is 16.1. The zero-order valence-corrected chi connectivity index (χ0v) is 10.4. The predicted molar refractivity (Wildman–Crippen MR) is 75.2 cm³/mol. The van der Waals surface area contributed by atoms with Crippen LogP contribution in [0.25, 0.3) is 10.8 Å². The second-order valence-corrected chi connectivity index (χ2v) is 5.27. The molecule has 0 atom stereocenters. The molecular formula is C12H12NNaO4S. The molecule has 2 N–H and O–H groups in total. The molecule has 5 nitrogen and oxygen atoms in total. The second-order valence-electron chi connectivity index (χ2n) is 3.84. The number of rotatable bonds is 2. The van der Waals surface area contributed by atoms with E-state index in [2.05, 4.69) is 5.32 Å². The Morgan fingerprint density at radius 1 is 1.21 bits per heavy atom. The Morgan fingerprint density at radius 3 is 2.47 bits per heavy atom. The van der Waals surface area contributed by atoms with Gasteiger partial charge in [-0.1, -0.05) is 18.2 Å². The van der Waals surface area contributed by atoms with Crippen molar-refractivity contribution < 1.29 is 17.8 Å². The molecule has 0 saturated carbocycles. The predicted octanol–water partition coefficient (Wildman–Crippen LogP) is 1.40. The molecule has 2 aromatic carbocycles. The molecule has 0 aliphatic rings. The minimum atomic E-state index is -4.22. The molecule has 0 heterocycles. The Balaban J connectivity index is 0.00000180. The van der Waals surface area contributed by atoms with Crippen LogP contribution in [0.4, 0.5) is 5.69 Å². The minimum absolute atomic E-state index is 0. The Kier molecular flexibility index (Phi) is 5.11. The van der Waals surface area contributed by atoms with Crippen molar-refractivity contribution in [3.63, 3.8) is 0 Å². The maximum absolute atomic E-state index is 11.0. The summed E-state index contributed by atoms with van der Waals surface area (Å²) in [5.41, 5.74) is 0.599. The van der Waals surface area contributed by atoms with Crippen molar-refractivity contribution in [3.05, 3.63) is 36.4 Å². The number of nitrogens with one attached hydrogen (secondary N) is 1. The van der Waals surface area contributed by atoms with Crippen LogP contribution >= 0.6 is 0 Å². The van der Waals surface area contributed by atoms with Gasteiger partial charge < -0.3 is 5.32 Å². The molecule has 0 saturated heterocycles. The van der Waals surface area contributed by atoms with Gasteiger partial charge in [0, 0.05) is 18.0 Å². The summed E-state index contributed by atoms with van der Waals surface area (Å²) in [6.45, 7) is 1.39. The molecule has 0 radical (unpaired) electrons. The van der Waals surface area contributed by atoms with Gasteiger partial charge in [-0.3, -0.25) is 9.35 Å². The molecule has 1 amide bonds. The Bertz CT molecular complexity index is 728. The van der Waals surface area contributed by atoms with Crippen molar-refractivity contribution in [1.82, 2.24) is 0 Å². The van der Waals surface area contributed by atoms with Crippen LogP contribution in [-0.2, 0) is 14.9 Å². The van der Waals surface area contributed by atoms with Crippen LogP contribution in [-0.4, -0.2) is 48.4 Å². The average molecular weight is 289 g/mol. The van der Waals surface area contributed by atoms with E-state index in [0.717, 1.165) is 0 Å². The molecule has 0 aromatic heterocycles. The van der Waals surface area contributed by atoms with Crippen molar-refractivity contribution in [3.8, 4) is 0 Å². The van der Waals surface area contributed by atoms with Crippen LogP contribution in [0.5, 0.6) is 0 Å². The third-order valence-electron chi connectivity index (χ3n) is 2.46. The number of amides is 1. The monoisotopic (exact) mass is 289 g/mol. The van der Waals surface area contributed by atoms with Gasteiger partial charge in [-0.15, -0.1) is 0 Å². The molecule has 96 valence electrons. The number of hydrogen-bond donors (Lipinski definition) is 2. The van der Waals surface area contributed by atoms with Crippen LogP contribution in [0, 0.1) is 0 Å². The second kappa shape index (κ2) is 6.02. The first-order valence-corrected chi connectivity index (χ1v) is 6.60. The third kappa shape index (κ3) is 3.77. The molecule has 0 fully saturated rings. The van der Waals surface area contributed by atoms with E-state index in [1.165, 1.54) is 19.1 Å². The van der Waals surface area contributed by atoms with Gasteiger partial charge in [-0.25, -0.2) is 0 Å². The fourth-order valence-electron chi connectivity index (χ4n) is 1.72. The van der Waals surface area contributed by atoms with E-state index in [4.69, 9.17) is 4.55 Å². The Hall–Kier alpha value is -0.920. The summed E-state index contributed by atoms with van der Waals surface area (Å²) in [6.07, 6.45) is 0. The summed E-state index contributed by atoms with van der Waals surface area (Å²) in [7, 11) is -4.22. The van der Waals surface area contributed by atoms with E-state index < -0.39 is 10.1 Å². The number of carbonyl (C=O) groups is 1. The summed E-state index contributed by atoms with van der Waals surface area (Å²) >= 11 is 0. The van der Waals surface area contributed by atoms with E-state index in [1.807, 2.05) is 0 Å². The van der Waals surface area contributed by atoms with Crippen LogP contribution in [0.2, 0.25) is 0 Å². The number of anilines is 1. The van der Waals surface area contributed by atoms with Gasteiger partial charge in [0.15, 0.2) is 0 Å². The zero-order chi connectivity index (χ0) is 13.3. The molecular weight excluding hydrogens is 277 g/mol. The topological polar surface area (TPSA) is 83.5 Å². The molecule has 2 aromatic rings. The maximum atomic E-state index is 11.0. The molecule has 0 aliphatic heterocycles. The standard InChI is InChI=1S/C12H11NO4S.Na.H/c1-8(14)13-12-4-2-3-9-7-10(18(15,16)17)5-6-11(9)12;;/h2-7H,1H3,(H,13,14)(H,15,16,17);;. The van der Waals surface area contributed by atoms with Gasteiger partial charge in [0.25, 0.3) is 10.1 Å². The third-order valence-corrected chi connectivity index (χ3v) is 3.31. The molecule has 0 aliphatic carbocycles. The first-order chi connectivity index (χ1) is 8.38. The van der Waals surface area contributed by atoms with E-state index in [0.29, 0.717) is 16.5 Å². The molecule has 0 unspecified atom stereocenters. The zero-order valence-electron chi connectivity index (χ0n) is 9.54. The summed E-state index contributed by atoms with van der Waals surface area (Å²) in [4.78, 5) is 10.9. The molecule has 2 rings (SSSR count). The van der Waals surface area contributed by atoms with E-state index in [1.54, 1.807) is 24.3 Å². The van der Waals surface area contributed by atoms with Gasteiger partial charge in [-0.2, -0.15) is 8.42 Å². The Morgan fingerprint density at radius 2 is 1.89 bits per heavy atom. The molecule has 0 spiro atoms. The van der Waals surface area contributed by atoms with Crippen molar-refractivity contribution in [2.75, 3.05) is 5.32 Å². The van der Waals surface area contributed by atoms with Crippen molar-refractivity contribution in [2.24, 2.45) is 0 Å². The van der Waals surface area contributed by atoms with Gasteiger partial charge >= 0.3 is 29.6 Å². The van der Waals surface area contributed by atoms with Crippen molar-refractivity contribution in [2.45, 2.75) is 11.8 Å². The quantitative estimate of drug-likeness (QED) is 0.646. The fourth-order valence-corrected chi connectivity index (χ4v) is 2.24. The van der Waals surface area contributed by atoms with Gasteiger partial charge in [0.05, 0.1) is 4.90 Å². The summed E-state index contributed by atoms with van der Waals surface area (Å²) < 4.78 is 31.0. The normalized spacial score (nSPS) is 10.8. The van der Waals surface area contributed by atoms with Crippen molar-refractivity contribution in [1.29, 1.82) is 0 Å². The summed E-state index contributed by atoms with van der Waals surface area (Å²) in [6, 6.07) is 9.32. The van der Waals surface area contributed by atoms with Gasteiger partial charge in [0.1, 0.15) is 0 Å². The van der Waals surface area contributed by atoms with Crippen LogP contribution in [0.3, 0.4) is 0 Å². The fraction of sp³-hybridized carbons (Fsp3) is 0.0833. The van der Waals surface area contributed by atoms with E-state index in [9.17, 15) is 13.2 Å².